The van der Waals surface area contributed by atoms with Gasteiger partial charge in [-0.15, -0.1) is 0 Å². The number of benzene rings is 2. The molecule has 0 heterocycles. The van der Waals surface area contributed by atoms with Crippen LogP contribution < -0.4 is 9.47 Å². The third-order valence-corrected chi connectivity index (χ3v) is 7.72. The molecule has 0 atom stereocenters. The van der Waals surface area contributed by atoms with Gasteiger partial charge in [0.05, 0.1) is 13.2 Å². The Labute approximate surface area is 259 Å². The molecule has 2 aromatic rings. The maximum Gasteiger partial charge on any atom is 0.119 e. The highest BCUT2D eigenvalue weighted by Gasteiger charge is 1.97. The Kier molecular flexibility index (Phi) is 21.8. The van der Waals surface area contributed by atoms with E-state index in [4.69, 9.17) is 9.47 Å². The molecule has 0 unspecified atom stereocenters. The summed E-state index contributed by atoms with van der Waals surface area (Å²) in [6.07, 6.45) is 26.8. The highest BCUT2D eigenvalue weighted by Crippen LogP contribution is 2.15. The van der Waals surface area contributed by atoms with Crippen LogP contribution in [0.2, 0.25) is 0 Å². The number of hydrogen-bond donors (Lipinski definition) is 0. The SMILES string of the molecule is CCCCCCCCCCCCOc1ccc(C#CC#Cc2ccc(OCCCCCCCCCCCC)cc2)cc1. The second-order valence-electron chi connectivity index (χ2n) is 11.6. The van der Waals surface area contributed by atoms with Crippen molar-refractivity contribution in [2.75, 3.05) is 13.2 Å². The largest absolute Gasteiger partial charge is 0.494 e. The lowest BCUT2D eigenvalue weighted by molar-refractivity contribution is 0.304. The van der Waals surface area contributed by atoms with Crippen molar-refractivity contribution in [2.24, 2.45) is 0 Å². The molecule has 0 fully saturated rings. The quantitative estimate of drug-likeness (QED) is 0.0923. The van der Waals surface area contributed by atoms with Gasteiger partial charge in [0.1, 0.15) is 11.5 Å². The summed E-state index contributed by atoms with van der Waals surface area (Å²) in [4.78, 5) is 0. The van der Waals surface area contributed by atoms with Gasteiger partial charge >= 0.3 is 0 Å². The lowest BCUT2D eigenvalue weighted by Crippen LogP contribution is -1.97. The summed E-state index contributed by atoms with van der Waals surface area (Å²) in [5, 5.41) is 0. The average molecular weight is 571 g/mol. The standard InChI is InChI=1S/C40H58O2/c1-3-5-7-9-11-13-15-17-19-23-35-41-39-31-27-37(28-32-39)25-21-22-26-38-29-33-40(34-30-38)42-36-24-20-18-16-14-12-10-8-6-4-2/h27-34H,3-20,23-24,35-36H2,1-2H3. The molecule has 42 heavy (non-hydrogen) atoms. The summed E-state index contributed by atoms with van der Waals surface area (Å²) in [7, 11) is 0. The predicted octanol–water partition coefficient (Wildman–Crippen LogP) is 11.7. The molecule has 0 bridgehead atoms. The second-order valence-corrected chi connectivity index (χ2v) is 11.6. The van der Waals surface area contributed by atoms with Crippen LogP contribution >= 0.6 is 0 Å². The van der Waals surface area contributed by atoms with Crippen molar-refractivity contribution < 1.29 is 9.47 Å². The third kappa shape index (κ3) is 19.3. The minimum Gasteiger partial charge on any atom is -0.494 e. The van der Waals surface area contributed by atoms with E-state index < -0.39 is 0 Å². The summed E-state index contributed by atoms with van der Waals surface area (Å²) < 4.78 is 11.8. The van der Waals surface area contributed by atoms with Gasteiger partial charge in [-0.1, -0.05) is 141 Å². The smallest absolute Gasteiger partial charge is 0.119 e. The molecule has 2 rings (SSSR count). The van der Waals surface area contributed by atoms with Crippen molar-refractivity contribution in [2.45, 2.75) is 142 Å². The van der Waals surface area contributed by atoms with Crippen LogP contribution in [0.4, 0.5) is 0 Å². The number of rotatable bonds is 24. The first kappa shape index (κ1) is 35.4. The minimum absolute atomic E-state index is 0.788. The monoisotopic (exact) mass is 570 g/mol. The first-order valence-corrected chi connectivity index (χ1v) is 17.3. The van der Waals surface area contributed by atoms with Crippen molar-refractivity contribution in [1.82, 2.24) is 0 Å². The highest BCUT2D eigenvalue weighted by molar-refractivity contribution is 5.46. The van der Waals surface area contributed by atoms with Gasteiger partial charge in [0, 0.05) is 11.1 Å². The molecule has 0 aliphatic rings. The molecule has 0 amide bonds. The van der Waals surface area contributed by atoms with Crippen LogP contribution in [-0.2, 0) is 0 Å². The maximum absolute atomic E-state index is 5.90. The summed E-state index contributed by atoms with van der Waals surface area (Å²) >= 11 is 0. The molecule has 0 aliphatic carbocycles. The van der Waals surface area contributed by atoms with Crippen molar-refractivity contribution >= 4 is 0 Å². The molecule has 2 aromatic carbocycles. The van der Waals surface area contributed by atoms with Gasteiger partial charge in [-0.2, -0.15) is 0 Å². The highest BCUT2D eigenvalue weighted by atomic mass is 16.5. The Hall–Kier alpha value is -2.84. The van der Waals surface area contributed by atoms with Gasteiger partial charge in [-0.25, -0.2) is 0 Å². The summed E-state index contributed by atoms with van der Waals surface area (Å²) in [6.45, 7) is 6.13. The fraction of sp³-hybridized carbons (Fsp3) is 0.600. The van der Waals surface area contributed by atoms with E-state index in [9.17, 15) is 0 Å². The van der Waals surface area contributed by atoms with E-state index in [0.29, 0.717) is 0 Å². The molecule has 0 aromatic heterocycles. The maximum atomic E-state index is 5.90. The van der Waals surface area contributed by atoms with Gasteiger partial charge < -0.3 is 9.47 Å². The zero-order chi connectivity index (χ0) is 29.8. The Morgan fingerprint density at radius 1 is 0.381 bits per heavy atom. The van der Waals surface area contributed by atoms with E-state index in [1.54, 1.807) is 0 Å². The van der Waals surface area contributed by atoms with Crippen molar-refractivity contribution in [3.05, 3.63) is 59.7 Å². The number of unbranched alkanes of at least 4 members (excludes halogenated alkanes) is 18. The van der Waals surface area contributed by atoms with Crippen molar-refractivity contribution in [3.8, 4) is 35.2 Å². The molecule has 0 radical (unpaired) electrons. The van der Waals surface area contributed by atoms with Crippen LogP contribution in [0.15, 0.2) is 48.5 Å². The topological polar surface area (TPSA) is 18.5 Å². The van der Waals surface area contributed by atoms with Gasteiger partial charge in [0.15, 0.2) is 0 Å². The minimum atomic E-state index is 0.788. The van der Waals surface area contributed by atoms with E-state index in [2.05, 4.69) is 37.5 Å². The van der Waals surface area contributed by atoms with Crippen LogP contribution in [0.1, 0.15) is 153 Å². The molecular weight excluding hydrogens is 512 g/mol. The third-order valence-electron chi connectivity index (χ3n) is 7.72. The summed E-state index contributed by atoms with van der Waals surface area (Å²) in [5.41, 5.74) is 1.90. The zero-order valence-electron chi connectivity index (χ0n) is 27.0. The van der Waals surface area contributed by atoms with Crippen LogP contribution in [0, 0.1) is 23.7 Å². The zero-order valence-corrected chi connectivity index (χ0v) is 27.0. The van der Waals surface area contributed by atoms with Gasteiger partial charge in [0.25, 0.3) is 0 Å². The van der Waals surface area contributed by atoms with Crippen LogP contribution in [0.3, 0.4) is 0 Å². The average Bonchev–Trinajstić information content (AvgIpc) is 3.02. The second kappa shape index (κ2) is 25.8. The van der Waals surface area contributed by atoms with Crippen LogP contribution in [-0.4, -0.2) is 13.2 Å². The Morgan fingerprint density at radius 2 is 0.667 bits per heavy atom. The fourth-order valence-corrected chi connectivity index (χ4v) is 5.03. The molecule has 230 valence electrons. The summed E-state index contributed by atoms with van der Waals surface area (Å²) in [6, 6.07) is 16.0. The number of hydrogen-bond acceptors (Lipinski definition) is 2. The molecule has 0 spiro atoms. The van der Waals surface area contributed by atoms with E-state index in [1.807, 2.05) is 48.5 Å². The number of ether oxygens (including phenoxy) is 2. The van der Waals surface area contributed by atoms with Gasteiger partial charge in [0.2, 0.25) is 0 Å². The fourth-order valence-electron chi connectivity index (χ4n) is 5.03. The van der Waals surface area contributed by atoms with Crippen molar-refractivity contribution in [1.29, 1.82) is 0 Å². The first-order chi connectivity index (χ1) is 20.8. The molecule has 0 saturated carbocycles. The molecular formula is C40H58O2. The Bertz CT molecular complexity index is 928. The van der Waals surface area contributed by atoms with Crippen molar-refractivity contribution in [3.63, 3.8) is 0 Å². The van der Waals surface area contributed by atoms with Crippen LogP contribution in [0.5, 0.6) is 11.5 Å². The molecule has 2 heteroatoms. The first-order valence-electron chi connectivity index (χ1n) is 17.3. The van der Waals surface area contributed by atoms with E-state index >= 15 is 0 Å². The summed E-state index contributed by atoms with van der Waals surface area (Å²) in [5.74, 6) is 14.0. The Balaban J connectivity index is 1.53. The van der Waals surface area contributed by atoms with Gasteiger partial charge in [-0.3, -0.25) is 0 Å². The Morgan fingerprint density at radius 3 is 0.976 bits per heavy atom. The lowest BCUT2D eigenvalue weighted by Gasteiger charge is -2.06. The molecule has 0 N–H and O–H groups in total. The van der Waals surface area contributed by atoms with Crippen LogP contribution in [0.25, 0.3) is 0 Å². The normalized spacial score (nSPS) is 10.4. The molecule has 0 saturated heterocycles. The van der Waals surface area contributed by atoms with E-state index in [-0.39, 0.29) is 0 Å². The molecule has 0 aliphatic heterocycles. The van der Waals surface area contributed by atoms with E-state index in [0.717, 1.165) is 48.7 Å². The predicted molar refractivity (Wildman–Crippen MR) is 181 cm³/mol. The van der Waals surface area contributed by atoms with Gasteiger partial charge in [-0.05, 0) is 73.2 Å². The van der Waals surface area contributed by atoms with E-state index in [1.165, 1.54) is 116 Å². The molecule has 2 nitrogen and oxygen atoms in total. The lowest BCUT2D eigenvalue weighted by atomic mass is 10.1.